The Labute approximate surface area is 236 Å². The van der Waals surface area contributed by atoms with E-state index >= 15 is 0 Å². The second-order valence-electron chi connectivity index (χ2n) is 17.0. The molecule has 2 unspecified atom stereocenters. The van der Waals surface area contributed by atoms with Crippen molar-refractivity contribution in [3.8, 4) is 0 Å². The van der Waals surface area contributed by atoms with Crippen LogP contribution in [0.2, 0.25) is 0 Å². The van der Waals surface area contributed by atoms with Gasteiger partial charge >= 0.3 is 11.9 Å². The molecule has 1 N–H and O–H groups in total. The third kappa shape index (κ3) is 4.25. The summed E-state index contributed by atoms with van der Waals surface area (Å²) in [5.41, 5.74) is 0.512. The first-order valence-electron chi connectivity index (χ1n) is 15.8. The van der Waals surface area contributed by atoms with E-state index in [9.17, 15) is 14.4 Å². The molecule has 5 saturated carbocycles. The zero-order chi connectivity index (χ0) is 28.8. The van der Waals surface area contributed by atoms with E-state index in [0.717, 1.165) is 32.1 Å². The Morgan fingerprint density at radius 2 is 1.49 bits per heavy atom. The van der Waals surface area contributed by atoms with Crippen LogP contribution in [-0.2, 0) is 19.1 Å². The molecule has 0 bridgehead atoms. The Morgan fingerprint density at radius 3 is 2.15 bits per heavy atom. The molecule has 5 aliphatic carbocycles. The van der Waals surface area contributed by atoms with Gasteiger partial charge in [-0.15, -0.1) is 0 Å². The summed E-state index contributed by atoms with van der Waals surface area (Å²) >= 11 is 0. The fraction of sp³-hybridized carbons (Fsp3) is 0.912. The Bertz CT molecular complexity index is 1040. The fourth-order valence-electron chi connectivity index (χ4n) is 11.7. The van der Waals surface area contributed by atoms with Crippen LogP contribution in [0, 0.1) is 56.2 Å². The number of ether oxygens (including phenoxy) is 1. The highest BCUT2D eigenvalue weighted by atomic mass is 16.5. The van der Waals surface area contributed by atoms with Gasteiger partial charge in [-0.2, -0.15) is 0 Å². The summed E-state index contributed by atoms with van der Waals surface area (Å²) in [4.78, 5) is 38.0. The van der Waals surface area contributed by atoms with Gasteiger partial charge in [0.2, 0.25) is 0 Å². The van der Waals surface area contributed by atoms with E-state index < -0.39 is 11.9 Å². The molecule has 9 atom stereocenters. The van der Waals surface area contributed by atoms with Gasteiger partial charge in [-0.25, -0.2) is 0 Å². The monoisotopic (exact) mass is 542 g/mol. The van der Waals surface area contributed by atoms with Gasteiger partial charge in [-0.3, -0.25) is 14.4 Å². The van der Waals surface area contributed by atoms with Crippen molar-refractivity contribution < 1.29 is 24.2 Å². The van der Waals surface area contributed by atoms with Crippen LogP contribution >= 0.6 is 0 Å². The molecule has 0 heterocycles. The maximum Gasteiger partial charge on any atom is 0.306 e. The van der Waals surface area contributed by atoms with Gasteiger partial charge in [0, 0.05) is 17.8 Å². The molecule has 5 rings (SSSR count). The van der Waals surface area contributed by atoms with Crippen LogP contribution in [0.4, 0.5) is 0 Å². The number of fused-ring (bicyclic) bond motifs is 7. The smallest absolute Gasteiger partial charge is 0.306 e. The van der Waals surface area contributed by atoms with E-state index in [2.05, 4.69) is 55.4 Å². The summed E-state index contributed by atoms with van der Waals surface area (Å²) in [5.74, 6) is 0.567. The number of hydrogen-bond acceptors (Lipinski definition) is 4. The number of ketones is 1. The molecular weight excluding hydrogens is 488 g/mol. The van der Waals surface area contributed by atoms with Crippen molar-refractivity contribution in [2.75, 3.05) is 0 Å². The van der Waals surface area contributed by atoms with Gasteiger partial charge in [0.05, 0.1) is 12.8 Å². The predicted molar refractivity (Wildman–Crippen MR) is 152 cm³/mol. The van der Waals surface area contributed by atoms with Crippen molar-refractivity contribution in [1.29, 1.82) is 0 Å². The maximum atomic E-state index is 14.5. The minimum absolute atomic E-state index is 0.0117. The third-order valence-electron chi connectivity index (χ3n) is 14.1. The number of carbonyl (C=O) groups excluding carboxylic acids is 2. The van der Waals surface area contributed by atoms with Gasteiger partial charge in [-0.1, -0.05) is 55.4 Å². The number of Topliss-reactive ketones (excluding diaryl/α,β-unsaturated/α-hetero) is 1. The van der Waals surface area contributed by atoms with Crippen LogP contribution in [-0.4, -0.2) is 28.9 Å². The SMILES string of the molecule is CC1(C)CC[C@]2(C)CC[C@]3(C)[C@H](CC(=O)[C@@H]4[C@@]5(C)CCC(OC(=O)CCC(=O)O)C(C)(C)C5CC[C@]43C)[C@H]2C1. The summed E-state index contributed by atoms with van der Waals surface area (Å²) in [6.07, 6.45) is 10.4. The quantitative estimate of drug-likeness (QED) is 0.366. The molecule has 220 valence electrons. The molecule has 0 aromatic carbocycles. The summed E-state index contributed by atoms with van der Waals surface area (Å²) in [7, 11) is 0. The topological polar surface area (TPSA) is 80.7 Å². The summed E-state index contributed by atoms with van der Waals surface area (Å²) in [6, 6.07) is 0. The molecule has 0 aromatic heterocycles. The van der Waals surface area contributed by atoms with E-state index in [1.54, 1.807) is 0 Å². The summed E-state index contributed by atoms with van der Waals surface area (Å²) in [6.45, 7) is 19.3. The van der Waals surface area contributed by atoms with Crippen molar-refractivity contribution in [2.24, 2.45) is 56.2 Å². The maximum absolute atomic E-state index is 14.5. The first-order valence-corrected chi connectivity index (χ1v) is 15.8. The minimum atomic E-state index is -0.976. The van der Waals surface area contributed by atoms with E-state index in [-0.39, 0.29) is 46.5 Å². The molecule has 5 aliphatic rings. The highest BCUT2D eigenvalue weighted by molar-refractivity contribution is 5.85. The van der Waals surface area contributed by atoms with Gasteiger partial charge < -0.3 is 9.84 Å². The lowest BCUT2D eigenvalue weighted by Gasteiger charge is -2.73. The fourth-order valence-corrected chi connectivity index (χ4v) is 11.7. The Hall–Kier alpha value is -1.39. The first kappa shape index (κ1) is 29.1. The molecule has 0 aliphatic heterocycles. The lowest BCUT2D eigenvalue weighted by Crippen LogP contribution is -2.69. The van der Waals surface area contributed by atoms with E-state index in [4.69, 9.17) is 9.84 Å². The van der Waals surface area contributed by atoms with Crippen LogP contribution in [0.3, 0.4) is 0 Å². The normalized spacial score (nSPS) is 48.1. The summed E-state index contributed by atoms with van der Waals surface area (Å²) < 4.78 is 5.95. The average molecular weight is 543 g/mol. The zero-order valence-corrected chi connectivity index (χ0v) is 26.0. The average Bonchev–Trinajstić information content (AvgIpc) is 2.82. The summed E-state index contributed by atoms with van der Waals surface area (Å²) in [5, 5.41) is 8.99. The molecule has 5 nitrogen and oxygen atoms in total. The first-order chi connectivity index (χ1) is 17.9. The standard InChI is InChI=1S/C34H54O5/c1-29(2)15-16-31(5)17-18-33(7)21(22(31)20-29)19-23(35)28-32(6)13-12-25(39-27(38)10-9-26(36)37)30(3,4)24(32)11-14-34(28,33)8/h21-22,24-25,28H,9-20H2,1-8H3,(H,36,37)/t21-,22-,24?,25?,28-,31-,32+,33-,34-/m1/s1. The van der Waals surface area contributed by atoms with Gasteiger partial charge in [-0.05, 0) is 103 Å². The van der Waals surface area contributed by atoms with Gasteiger partial charge in [0.15, 0.2) is 0 Å². The Morgan fingerprint density at radius 1 is 0.821 bits per heavy atom. The molecule has 0 aromatic rings. The predicted octanol–water partition coefficient (Wildman–Crippen LogP) is 7.84. The largest absolute Gasteiger partial charge is 0.481 e. The lowest BCUT2D eigenvalue weighted by molar-refractivity contribution is -0.244. The van der Waals surface area contributed by atoms with Crippen LogP contribution in [0.25, 0.3) is 0 Å². The molecule has 5 fully saturated rings. The van der Waals surface area contributed by atoms with E-state index in [1.165, 1.54) is 32.1 Å². The third-order valence-corrected chi connectivity index (χ3v) is 14.1. The number of carboxylic acid groups (broad SMARTS) is 1. The van der Waals surface area contributed by atoms with Crippen LogP contribution < -0.4 is 0 Å². The molecular formula is C34H54O5. The lowest BCUT2D eigenvalue weighted by atomic mass is 9.31. The van der Waals surface area contributed by atoms with Crippen LogP contribution in [0.15, 0.2) is 0 Å². The molecule has 0 spiro atoms. The zero-order valence-electron chi connectivity index (χ0n) is 26.0. The van der Waals surface area contributed by atoms with Crippen molar-refractivity contribution in [1.82, 2.24) is 0 Å². The van der Waals surface area contributed by atoms with Crippen molar-refractivity contribution >= 4 is 17.7 Å². The molecule has 0 radical (unpaired) electrons. The van der Waals surface area contributed by atoms with E-state index in [1.807, 2.05) is 0 Å². The number of carboxylic acids is 1. The molecule has 0 saturated heterocycles. The number of carbonyl (C=O) groups is 3. The number of esters is 1. The molecule has 5 heteroatoms. The molecule has 0 amide bonds. The Kier molecular flexibility index (Phi) is 6.76. The molecule has 39 heavy (non-hydrogen) atoms. The van der Waals surface area contributed by atoms with Crippen LogP contribution in [0.5, 0.6) is 0 Å². The minimum Gasteiger partial charge on any atom is -0.481 e. The second-order valence-corrected chi connectivity index (χ2v) is 17.0. The number of rotatable bonds is 4. The van der Waals surface area contributed by atoms with Crippen molar-refractivity contribution in [3.05, 3.63) is 0 Å². The highest BCUT2D eigenvalue weighted by Crippen LogP contribution is 2.76. The van der Waals surface area contributed by atoms with Crippen molar-refractivity contribution in [2.45, 2.75) is 139 Å². The highest BCUT2D eigenvalue weighted by Gasteiger charge is 2.72. The van der Waals surface area contributed by atoms with Crippen molar-refractivity contribution in [3.63, 3.8) is 0 Å². The van der Waals surface area contributed by atoms with Crippen LogP contribution in [0.1, 0.15) is 132 Å². The van der Waals surface area contributed by atoms with E-state index in [0.29, 0.717) is 34.4 Å². The second kappa shape index (κ2) is 9.05. The van der Waals surface area contributed by atoms with Gasteiger partial charge in [0.25, 0.3) is 0 Å². The van der Waals surface area contributed by atoms with Gasteiger partial charge in [0.1, 0.15) is 11.9 Å². The number of hydrogen-bond donors (Lipinski definition) is 1. The number of aliphatic carboxylic acids is 1. The Balaban J connectivity index is 1.44.